The molecule has 5 heteroatoms. The average molecular weight is 180 g/mol. The Hall–Kier alpha value is -0.710. The van der Waals surface area contributed by atoms with E-state index in [-0.39, 0.29) is 12.8 Å². The molecule has 0 aromatic rings. The molecule has 1 aliphatic rings. The maximum atomic E-state index is 13.0. The number of methoxy groups -OCH3 is 1. The minimum atomic E-state index is -3.24. The van der Waals surface area contributed by atoms with Gasteiger partial charge in [-0.05, 0) is 12.8 Å². The number of aliphatic carboxylic acids is 1. The molecule has 0 radical (unpaired) electrons. The topological polar surface area (TPSA) is 46.5 Å². The van der Waals surface area contributed by atoms with Gasteiger partial charge in [-0.15, -0.1) is 0 Å². The summed E-state index contributed by atoms with van der Waals surface area (Å²) in [6, 6.07) is 0. The maximum absolute atomic E-state index is 13.0. The van der Waals surface area contributed by atoms with Crippen molar-refractivity contribution in [2.45, 2.75) is 30.8 Å². The number of carbonyl (C=O) groups is 1. The number of hydrogen-bond donors (Lipinski definition) is 1. The van der Waals surface area contributed by atoms with Crippen LogP contribution in [-0.2, 0) is 9.53 Å². The summed E-state index contributed by atoms with van der Waals surface area (Å²) >= 11 is 0. The van der Waals surface area contributed by atoms with Crippen molar-refractivity contribution in [3.05, 3.63) is 0 Å². The lowest BCUT2D eigenvalue weighted by atomic mass is 9.99. The fourth-order valence-corrected chi connectivity index (χ4v) is 1.55. The highest BCUT2D eigenvalue weighted by Gasteiger charge is 2.63. The Morgan fingerprint density at radius 3 is 2.25 bits per heavy atom. The molecule has 1 rings (SSSR count). The Morgan fingerprint density at radius 1 is 1.50 bits per heavy atom. The first-order valence-corrected chi connectivity index (χ1v) is 3.63. The predicted octanol–water partition coefficient (Wildman–Crippen LogP) is 1.28. The number of carboxylic acids is 1. The molecule has 1 aliphatic carbocycles. The quantitative estimate of drug-likeness (QED) is 0.696. The molecule has 70 valence electrons. The molecule has 0 amide bonds. The zero-order valence-electron chi connectivity index (χ0n) is 6.64. The van der Waals surface area contributed by atoms with Gasteiger partial charge in [0.2, 0.25) is 5.60 Å². The summed E-state index contributed by atoms with van der Waals surface area (Å²) in [6.07, 6.45) is -0.341. The molecule has 12 heavy (non-hydrogen) atoms. The second-order valence-corrected chi connectivity index (χ2v) is 2.89. The van der Waals surface area contributed by atoms with E-state index in [1.54, 1.807) is 0 Å². The van der Waals surface area contributed by atoms with Crippen molar-refractivity contribution in [3.8, 4) is 0 Å². The summed E-state index contributed by atoms with van der Waals surface area (Å²) in [5.74, 6) is -4.82. The molecule has 0 aromatic carbocycles. The average Bonchev–Trinajstić information content (AvgIpc) is 2.25. The molecule has 0 heterocycles. The normalized spacial score (nSPS) is 33.6. The van der Waals surface area contributed by atoms with E-state index in [1.165, 1.54) is 0 Å². The van der Waals surface area contributed by atoms with Crippen molar-refractivity contribution in [1.82, 2.24) is 0 Å². The van der Waals surface area contributed by atoms with Gasteiger partial charge in [-0.3, -0.25) is 0 Å². The number of halogens is 2. The van der Waals surface area contributed by atoms with E-state index in [2.05, 4.69) is 4.74 Å². The molecule has 0 spiro atoms. The monoisotopic (exact) mass is 180 g/mol. The largest absolute Gasteiger partial charge is 0.479 e. The van der Waals surface area contributed by atoms with Crippen LogP contribution < -0.4 is 0 Å². The van der Waals surface area contributed by atoms with Crippen LogP contribution in [-0.4, -0.2) is 29.7 Å². The van der Waals surface area contributed by atoms with Crippen LogP contribution in [0.4, 0.5) is 8.78 Å². The molecule has 1 atom stereocenters. The first-order chi connectivity index (χ1) is 5.46. The minimum Gasteiger partial charge on any atom is -0.479 e. The van der Waals surface area contributed by atoms with Crippen molar-refractivity contribution < 1.29 is 23.4 Å². The molecule has 0 aromatic heterocycles. The number of hydrogen-bond acceptors (Lipinski definition) is 2. The van der Waals surface area contributed by atoms with Gasteiger partial charge < -0.3 is 9.84 Å². The van der Waals surface area contributed by atoms with Crippen LogP contribution >= 0.6 is 0 Å². The maximum Gasteiger partial charge on any atom is 0.342 e. The van der Waals surface area contributed by atoms with Crippen LogP contribution in [0.5, 0.6) is 0 Å². The molecule has 0 saturated heterocycles. The van der Waals surface area contributed by atoms with Crippen LogP contribution in [0.3, 0.4) is 0 Å². The lowest BCUT2D eigenvalue weighted by molar-refractivity contribution is -0.203. The Kier molecular flexibility index (Phi) is 2.07. The third kappa shape index (κ3) is 0.998. The van der Waals surface area contributed by atoms with E-state index in [9.17, 15) is 13.6 Å². The van der Waals surface area contributed by atoms with Gasteiger partial charge in [0.25, 0.3) is 5.92 Å². The summed E-state index contributed by atoms with van der Waals surface area (Å²) in [7, 11) is 1.01. The summed E-state index contributed by atoms with van der Waals surface area (Å²) < 4.78 is 30.4. The Bertz CT molecular complexity index is 205. The molecule has 1 fully saturated rings. The van der Waals surface area contributed by atoms with E-state index in [1.807, 2.05) is 0 Å². The molecular formula is C7H10F2O3. The van der Waals surface area contributed by atoms with Crippen molar-refractivity contribution in [2.75, 3.05) is 7.11 Å². The molecular weight excluding hydrogens is 170 g/mol. The first-order valence-electron chi connectivity index (χ1n) is 3.63. The van der Waals surface area contributed by atoms with E-state index in [4.69, 9.17) is 5.11 Å². The molecule has 3 nitrogen and oxygen atoms in total. The Labute approximate surface area is 68.3 Å². The fraction of sp³-hybridized carbons (Fsp3) is 0.857. The summed E-state index contributed by atoms with van der Waals surface area (Å²) in [5, 5.41) is 8.59. The van der Waals surface area contributed by atoms with Crippen molar-refractivity contribution >= 4 is 5.97 Å². The molecule has 1 saturated carbocycles. The van der Waals surface area contributed by atoms with Crippen LogP contribution in [0.2, 0.25) is 0 Å². The van der Waals surface area contributed by atoms with Crippen LogP contribution in [0, 0.1) is 0 Å². The summed E-state index contributed by atoms with van der Waals surface area (Å²) in [5.41, 5.74) is -2.28. The minimum absolute atomic E-state index is 0.119. The summed E-state index contributed by atoms with van der Waals surface area (Å²) in [4.78, 5) is 10.6. The van der Waals surface area contributed by atoms with E-state index in [0.717, 1.165) is 7.11 Å². The van der Waals surface area contributed by atoms with E-state index in [0.29, 0.717) is 0 Å². The lowest BCUT2D eigenvalue weighted by Gasteiger charge is -2.28. The molecule has 0 aliphatic heterocycles. The van der Waals surface area contributed by atoms with Gasteiger partial charge in [0.05, 0.1) is 0 Å². The second kappa shape index (κ2) is 2.65. The number of carboxylic acid groups (broad SMARTS) is 1. The molecule has 1 N–H and O–H groups in total. The molecule has 1 unspecified atom stereocenters. The van der Waals surface area contributed by atoms with Crippen molar-refractivity contribution in [2.24, 2.45) is 0 Å². The second-order valence-electron chi connectivity index (χ2n) is 2.89. The number of ether oxygens (including phenoxy) is 1. The smallest absolute Gasteiger partial charge is 0.342 e. The van der Waals surface area contributed by atoms with Crippen LogP contribution in [0.25, 0.3) is 0 Å². The standard InChI is InChI=1S/C7H10F2O3/c1-12-6(5(10)11)3-2-4-7(6,8)9/h2-4H2,1H3,(H,10,11). The van der Waals surface area contributed by atoms with Gasteiger partial charge in [0.1, 0.15) is 0 Å². The third-order valence-electron chi connectivity index (χ3n) is 2.30. The Balaban J connectivity index is 3.00. The fourth-order valence-electron chi connectivity index (χ4n) is 1.55. The van der Waals surface area contributed by atoms with Gasteiger partial charge in [0, 0.05) is 13.5 Å². The van der Waals surface area contributed by atoms with Crippen molar-refractivity contribution in [3.63, 3.8) is 0 Å². The Morgan fingerprint density at radius 2 is 2.08 bits per heavy atom. The SMILES string of the molecule is COC1(C(=O)O)CCCC1(F)F. The highest BCUT2D eigenvalue weighted by Crippen LogP contribution is 2.45. The van der Waals surface area contributed by atoms with E-state index < -0.39 is 23.9 Å². The van der Waals surface area contributed by atoms with Crippen LogP contribution in [0.15, 0.2) is 0 Å². The number of rotatable bonds is 2. The molecule has 0 bridgehead atoms. The van der Waals surface area contributed by atoms with E-state index >= 15 is 0 Å². The van der Waals surface area contributed by atoms with Gasteiger partial charge in [-0.1, -0.05) is 0 Å². The zero-order chi connectivity index (χ0) is 9.41. The van der Waals surface area contributed by atoms with Crippen molar-refractivity contribution in [1.29, 1.82) is 0 Å². The highest BCUT2D eigenvalue weighted by molar-refractivity contribution is 5.79. The van der Waals surface area contributed by atoms with Gasteiger partial charge in [-0.25, -0.2) is 13.6 Å². The first kappa shape index (κ1) is 9.38. The summed E-state index contributed by atoms with van der Waals surface area (Å²) in [6.45, 7) is 0. The third-order valence-corrected chi connectivity index (χ3v) is 2.30. The lowest BCUT2D eigenvalue weighted by Crippen LogP contribution is -2.51. The van der Waals surface area contributed by atoms with Gasteiger partial charge in [0.15, 0.2) is 0 Å². The zero-order valence-corrected chi connectivity index (χ0v) is 6.64. The van der Waals surface area contributed by atoms with Crippen LogP contribution in [0.1, 0.15) is 19.3 Å². The van der Waals surface area contributed by atoms with Gasteiger partial charge in [-0.2, -0.15) is 0 Å². The highest BCUT2D eigenvalue weighted by atomic mass is 19.3. The number of alkyl halides is 2. The predicted molar refractivity (Wildman–Crippen MR) is 36.2 cm³/mol. The van der Waals surface area contributed by atoms with Gasteiger partial charge >= 0.3 is 5.97 Å².